The number of methoxy groups -OCH3 is 1. The van der Waals surface area contributed by atoms with E-state index < -0.39 is 32.6 Å². The van der Waals surface area contributed by atoms with Crippen LogP contribution in [0, 0.1) is 11.6 Å². The summed E-state index contributed by atoms with van der Waals surface area (Å²) < 4.78 is 56.9. The highest BCUT2D eigenvalue weighted by Gasteiger charge is 2.23. The van der Waals surface area contributed by atoms with Gasteiger partial charge in [0.05, 0.1) is 12.6 Å². The molecule has 0 saturated carbocycles. The Morgan fingerprint density at radius 3 is 2.61 bits per heavy atom. The first-order valence-corrected chi connectivity index (χ1v) is 7.53. The standard InChI is InChI=1S/C10H12BrF2NO3S/c1-17-6-8(5-11)14-18(15,16)10-3-2-7(12)4-9(10)13/h2-4,8,14H,5-6H2,1H3. The second kappa shape index (κ2) is 6.55. The fraction of sp³-hybridized carbons (Fsp3) is 0.400. The number of benzene rings is 1. The number of alkyl halides is 1. The maximum atomic E-state index is 13.4. The lowest BCUT2D eigenvalue weighted by Crippen LogP contribution is -2.39. The Hall–Kier alpha value is -0.570. The zero-order valence-corrected chi connectivity index (χ0v) is 11.9. The van der Waals surface area contributed by atoms with E-state index in [9.17, 15) is 17.2 Å². The van der Waals surface area contributed by atoms with Crippen LogP contribution in [0.3, 0.4) is 0 Å². The van der Waals surface area contributed by atoms with Gasteiger partial charge in [0.15, 0.2) is 0 Å². The summed E-state index contributed by atoms with van der Waals surface area (Å²) in [6.07, 6.45) is 0. The minimum Gasteiger partial charge on any atom is -0.383 e. The molecular weight excluding hydrogens is 332 g/mol. The minimum absolute atomic E-state index is 0.132. The average Bonchev–Trinajstić information content (AvgIpc) is 2.27. The van der Waals surface area contributed by atoms with Gasteiger partial charge in [0.25, 0.3) is 0 Å². The monoisotopic (exact) mass is 343 g/mol. The fourth-order valence-electron chi connectivity index (χ4n) is 1.29. The van der Waals surface area contributed by atoms with Crippen molar-refractivity contribution in [3.8, 4) is 0 Å². The van der Waals surface area contributed by atoms with Gasteiger partial charge in [0, 0.05) is 18.5 Å². The highest BCUT2D eigenvalue weighted by atomic mass is 79.9. The van der Waals surface area contributed by atoms with E-state index >= 15 is 0 Å². The SMILES string of the molecule is COCC(CBr)NS(=O)(=O)c1ccc(F)cc1F. The molecule has 0 heterocycles. The Morgan fingerprint density at radius 2 is 2.11 bits per heavy atom. The molecule has 1 rings (SSSR count). The molecule has 1 atom stereocenters. The molecule has 0 aliphatic carbocycles. The van der Waals surface area contributed by atoms with Crippen LogP contribution in [-0.2, 0) is 14.8 Å². The number of rotatable bonds is 6. The maximum absolute atomic E-state index is 13.4. The van der Waals surface area contributed by atoms with Crippen molar-refractivity contribution in [1.82, 2.24) is 4.72 Å². The van der Waals surface area contributed by atoms with Crippen molar-refractivity contribution in [3.05, 3.63) is 29.8 Å². The topological polar surface area (TPSA) is 55.4 Å². The van der Waals surface area contributed by atoms with E-state index in [-0.39, 0.29) is 6.61 Å². The molecule has 1 aromatic rings. The van der Waals surface area contributed by atoms with Crippen molar-refractivity contribution < 1.29 is 21.9 Å². The van der Waals surface area contributed by atoms with Gasteiger partial charge >= 0.3 is 0 Å². The van der Waals surface area contributed by atoms with Crippen molar-refractivity contribution in [3.63, 3.8) is 0 Å². The van der Waals surface area contributed by atoms with Gasteiger partial charge in [-0.3, -0.25) is 0 Å². The van der Waals surface area contributed by atoms with E-state index in [4.69, 9.17) is 4.74 Å². The van der Waals surface area contributed by atoms with E-state index in [2.05, 4.69) is 20.7 Å². The van der Waals surface area contributed by atoms with Crippen molar-refractivity contribution in [2.45, 2.75) is 10.9 Å². The molecule has 4 nitrogen and oxygen atoms in total. The summed E-state index contributed by atoms with van der Waals surface area (Å²) in [5.41, 5.74) is 0. The van der Waals surface area contributed by atoms with Gasteiger partial charge in [-0.2, -0.15) is 0 Å². The van der Waals surface area contributed by atoms with Crippen LogP contribution in [0.15, 0.2) is 23.1 Å². The van der Waals surface area contributed by atoms with Gasteiger partial charge in [-0.1, -0.05) is 15.9 Å². The third kappa shape index (κ3) is 3.98. The molecule has 8 heteroatoms. The van der Waals surface area contributed by atoms with Crippen LogP contribution in [-0.4, -0.2) is 33.5 Å². The minimum atomic E-state index is -4.04. The molecule has 1 N–H and O–H groups in total. The number of nitrogens with one attached hydrogen (secondary N) is 1. The zero-order chi connectivity index (χ0) is 13.8. The molecule has 18 heavy (non-hydrogen) atoms. The molecule has 0 fully saturated rings. The summed E-state index contributed by atoms with van der Waals surface area (Å²) in [5.74, 6) is -1.96. The van der Waals surface area contributed by atoms with E-state index in [1.165, 1.54) is 7.11 Å². The number of halogens is 3. The number of hydrogen-bond donors (Lipinski definition) is 1. The molecule has 0 aliphatic heterocycles. The van der Waals surface area contributed by atoms with Crippen LogP contribution in [0.5, 0.6) is 0 Å². The Balaban J connectivity index is 2.99. The Labute approximate surface area is 113 Å². The quantitative estimate of drug-likeness (QED) is 0.799. The predicted molar refractivity (Wildman–Crippen MR) is 66.1 cm³/mol. The lowest BCUT2D eigenvalue weighted by atomic mass is 10.3. The van der Waals surface area contributed by atoms with Crippen LogP contribution in [0.1, 0.15) is 0 Å². The summed E-state index contributed by atoms with van der Waals surface area (Å²) in [5, 5.41) is 0.308. The summed E-state index contributed by atoms with van der Waals surface area (Å²) in [4.78, 5) is -0.592. The molecule has 1 unspecified atom stereocenters. The van der Waals surface area contributed by atoms with Crippen molar-refractivity contribution in [2.24, 2.45) is 0 Å². The molecule has 1 aromatic carbocycles. The van der Waals surface area contributed by atoms with Crippen LogP contribution in [0.2, 0.25) is 0 Å². The third-order valence-electron chi connectivity index (χ3n) is 2.06. The van der Waals surface area contributed by atoms with Crippen LogP contribution >= 0.6 is 15.9 Å². The number of sulfonamides is 1. The molecule has 0 bridgehead atoms. The smallest absolute Gasteiger partial charge is 0.243 e. The molecule has 0 aliphatic rings. The van der Waals surface area contributed by atoms with Crippen LogP contribution in [0.4, 0.5) is 8.78 Å². The number of ether oxygens (including phenoxy) is 1. The molecule has 0 spiro atoms. The lowest BCUT2D eigenvalue weighted by molar-refractivity contribution is 0.182. The van der Waals surface area contributed by atoms with Crippen molar-refractivity contribution in [1.29, 1.82) is 0 Å². The van der Waals surface area contributed by atoms with Gasteiger partial charge in [-0.15, -0.1) is 0 Å². The van der Waals surface area contributed by atoms with E-state index in [1.807, 2.05) is 0 Å². The van der Waals surface area contributed by atoms with Gasteiger partial charge in [0.2, 0.25) is 10.0 Å². The molecule has 0 amide bonds. The highest BCUT2D eigenvalue weighted by molar-refractivity contribution is 9.09. The third-order valence-corrected chi connectivity index (χ3v) is 4.39. The molecule has 0 radical (unpaired) electrons. The molecule has 102 valence electrons. The number of hydrogen-bond acceptors (Lipinski definition) is 3. The lowest BCUT2D eigenvalue weighted by Gasteiger charge is -2.15. The average molecular weight is 344 g/mol. The molecular formula is C10H12BrF2NO3S. The maximum Gasteiger partial charge on any atom is 0.243 e. The first kappa shape index (κ1) is 15.5. The molecule has 0 saturated heterocycles. The van der Waals surface area contributed by atoms with Gasteiger partial charge < -0.3 is 4.74 Å². The van der Waals surface area contributed by atoms with E-state index in [1.54, 1.807) is 0 Å². The zero-order valence-electron chi connectivity index (χ0n) is 9.49. The summed E-state index contributed by atoms with van der Waals surface area (Å²) >= 11 is 3.11. The van der Waals surface area contributed by atoms with E-state index in [0.29, 0.717) is 11.4 Å². The Morgan fingerprint density at radius 1 is 1.44 bits per heavy atom. The first-order valence-electron chi connectivity index (χ1n) is 4.93. The summed E-state index contributed by atoms with van der Waals surface area (Å²) in [6, 6.07) is 1.75. The summed E-state index contributed by atoms with van der Waals surface area (Å²) in [7, 11) is -2.62. The normalized spacial score (nSPS) is 13.6. The van der Waals surface area contributed by atoms with Gasteiger partial charge in [0.1, 0.15) is 16.5 Å². The van der Waals surface area contributed by atoms with Gasteiger partial charge in [-0.25, -0.2) is 21.9 Å². The second-order valence-corrected chi connectivity index (χ2v) is 5.83. The van der Waals surface area contributed by atoms with Crippen molar-refractivity contribution >= 4 is 26.0 Å². The fourth-order valence-corrected chi connectivity index (χ4v) is 3.13. The van der Waals surface area contributed by atoms with E-state index in [0.717, 1.165) is 12.1 Å². The first-order chi connectivity index (χ1) is 8.40. The summed E-state index contributed by atoms with van der Waals surface area (Å²) in [6.45, 7) is 0.132. The predicted octanol–water partition coefficient (Wildman–Crippen LogP) is 1.65. The van der Waals surface area contributed by atoms with Crippen LogP contribution < -0.4 is 4.72 Å². The largest absolute Gasteiger partial charge is 0.383 e. The van der Waals surface area contributed by atoms with Crippen LogP contribution in [0.25, 0.3) is 0 Å². The highest BCUT2D eigenvalue weighted by Crippen LogP contribution is 2.16. The van der Waals surface area contributed by atoms with Gasteiger partial charge in [-0.05, 0) is 12.1 Å². The molecule has 0 aromatic heterocycles. The Kier molecular flexibility index (Phi) is 5.64. The van der Waals surface area contributed by atoms with Crippen molar-refractivity contribution in [2.75, 3.05) is 19.0 Å². The Bertz CT molecular complexity index is 510. The second-order valence-electron chi connectivity index (χ2n) is 3.50.